The number of hydrogen-bond donors (Lipinski definition) is 3. The number of nitrogens with zero attached hydrogens (tertiary/aromatic N) is 3. The van der Waals surface area contributed by atoms with Crippen molar-refractivity contribution >= 4 is 39.3 Å². The van der Waals surface area contributed by atoms with E-state index in [1.54, 1.807) is 0 Å². The van der Waals surface area contributed by atoms with Crippen molar-refractivity contribution in [1.82, 2.24) is 20.3 Å². The highest BCUT2D eigenvalue weighted by Crippen LogP contribution is 2.35. The lowest BCUT2D eigenvalue weighted by atomic mass is 9.90. The van der Waals surface area contributed by atoms with E-state index < -0.39 is 0 Å². The molecule has 0 bridgehead atoms. The molecule has 3 N–H and O–H groups in total. The van der Waals surface area contributed by atoms with Gasteiger partial charge >= 0.3 is 4.87 Å². The number of dihydropyridines is 1. The van der Waals surface area contributed by atoms with E-state index in [1.165, 1.54) is 16.8 Å². The fraction of sp³-hybridized carbons (Fsp3) is 0.550. The summed E-state index contributed by atoms with van der Waals surface area (Å²) >= 11 is 2.55. The maximum atomic E-state index is 12.0. The van der Waals surface area contributed by atoms with Crippen LogP contribution in [-0.2, 0) is 0 Å². The zero-order valence-corrected chi connectivity index (χ0v) is 19.1. The number of hydrogen-bond acceptors (Lipinski definition) is 8. The van der Waals surface area contributed by atoms with E-state index in [9.17, 15) is 10.0 Å². The van der Waals surface area contributed by atoms with Crippen LogP contribution in [0, 0.1) is 5.92 Å². The number of aromatic amines is 1. The summed E-state index contributed by atoms with van der Waals surface area (Å²) in [5.74, 6) is 0.816. The van der Waals surface area contributed by atoms with Crippen molar-refractivity contribution in [3.63, 3.8) is 0 Å². The molecular formula is C20H29N5O2S2. The van der Waals surface area contributed by atoms with Gasteiger partial charge in [-0.3, -0.25) is 15.0 Å². The molecule has 0 saturated carbocycles. The molecule has 0 aromatic carbocycles. The summed E-state index contributed by atoms with van der Waals surface area (Å²) in [5.41, 5.74) is 0.261. The van der Waals surface area contributed by atoms with Crippen molar-refractivity contribution in [1.29, 1.82) is 0 Å². The standard InChI is InChI=1S/C20H29N5O2S2/c1-6-20(9-7-8-10-21-20)14(5)28-18-22-16-15(29-19(26)23-16)17(24-18)25(27)13(4)11-12(2)3/h7-10,12-14,21,27H,6,11H2,1-5H3,(H,22,23,24,26)/t13-,14?,20?/m1/s1. The van der Waals surface area contributed by atoms with Gasteiger partial charge in [0, 0.05) is 5.25 Å². The molecule has 3 atom stereocenters. The highest BCUT2D eigenvalue weighted by molar-refractivity contribution is 7.99. The quantitative estimate of drug-likeness (QED) is 0.323. The summed E-state index contributed by atoms with van der Waals surface area (Å²) in [7, 11) is 0. The number of allylic oxidation sites excluding steroid dienone is 2. The van der Waals surface area contributed by atoms with Crippen LogP contribution in [0.15, 0.2) is 34.4 Å². The van der Waals surface area contributed by atoms with Gasteiger partial charge in [-0.2, -0.15) is 0 Å². The van der Waals surface area contributed by atoms with Gasteiger partial charge in [-0.05, 0) is 38.0 Å². The van der Waals surface area contributed by atoms with Crippen LogP contribution in [0.25, 0.3) is 10.3 Å². The minimum Gasteiger partial charge on any atom is -0.381 e. The summed E-state index contributed by atoms with van der Waals surface area (Å²) in [6, 6.07) is -0.129. The average Bonchev–Trinajstić information content (AvgIpc) is 3.06. The Labute approximate surface area is 179 Å². The van der Waals surface area contributed by atoms with Gasteiger partial charge in [0.2, 0.25) is 0 Å². The molecule has 0 aliphatic carbocycles. The van der Waals surface area contributed by atoms with Crippen LogP contribution in [0.1, 0.15) is 47.5 Å². The molecule has 0 spiro atoms. The largest absolute Gasteiger partial charge is 0.381 e. The number of rotatable bonds is 8. The van der Waals surface area contributed by atoms with Crippen LogP contribution in [-0.4, -0.2) is 37.0 Å². The molecule has 29 heavy (non-hydrogen) atoms. The molecule has 158 valence electrons. The molecule has 0 fully saturated rings. The highest BCUT2D eigenvalue weighted by atomic mass is 32.2. The molecule has 0 saturated heterocycles. The minimum absolute atomic E-state index is 0.129. The minimum atomic E-state index is -0.206. The second-order valence-corrected chi connectivity index (χ2v) is 10.2. The lowest BCUT2D eigenvalue weighted by Gasteiger charge is -2.37. The lowest BCUT2D eigenvalue weighted by Crippen LogP contribution is -2.48. The van der Waals surface area contributed by atoms with Crippen LogP contribution < -0.4 is 15.3 Å². The monoisotopic (exact) mass is 435 g/mol. The normalized spacial score (nSPS) is 20.8. The number of thiazole rings is 1. The predicted octanol–water partition coefficient (Wildman–Crippen LogP) is 4.31. The Bertz CT molecular complexity index is 967. The van der Waals surface area contributed by atoms with E-state index in [-0.39, 0.29) is 21.7 Å². The van der Waals surface area contributed by atoms with Gasteiger partial charge in [0.05, 0.1) is 11.6 Å². The Kier molecular flexibility index (Phi) is 6.70. The van der Waals surface area contributed by atoms with Crippen LogP contribution in [0.4, 0.5) is 5.82 Å². The number of H-pyrrole nitrogens is 1. The molecule has 0 amide bonds. The smallest absolute Gasteiger partial charge is 0.306 e. The maximum Gasteiger partial charge on any atom is 0.306 e. The predicted molar refractivity (Wildman–Crippen MR) is 121 cm³/mol. The summed E-state index contributed by atoms with van der Waals surface area (Å²) in [4.78, 5) is 23.7. The third kappa shape index (κ3) is 4.67. The van der Waals surface area contributed by atoms with Gasteiger partial charge in [-0.1, -0.05) is 62.9 Å². The van der Waals surface area contributed by atoms with Gasteiger partial charge in [-0.25, -0.2) is 15.0 Å². The summed E-state index contributed by atoms with van der Waals surface area (Å²) < 4.78 is 0.578. The first-order valence-electron chi connectivity index (χ1n) is 9.93. The average molecular weight is 436 g/mol. The SMILES string of the molecule is CCC1(C(C)Sc2nc(N(O)[C@H](C)CC(C)C)c3sc(=O)[nH]c3n2)C=CC=CN1. The molecular weight excluding hydrogens is 406 g/mol. The Hall–Kier alpha value is -1.84. The van der Waals surface area contributed by atoms with Gasteiger partial charge < -0.3 is 5.32 Å². The first kappa shape index (κ1) is 21.9. The molecule has 7 nitrogen and oxygen atoms in total. The summed E-state index contributed by atoms with van der Waals surface area (Å²) in [6.07, 6.45) is 9.85. The van der Waals surface area contributed by atoms with Gasteiger partial charge in [0.15, 0.2) is 16.6 Å². The lowest BCUT2D eigenvalue weighted by molar-refractivity contribution is 0.206. The van der Waals surface area contributed by atoms with Crippen molar-refractivity contribution in [3.8, 4) is 0 Å². The highest BCUT2D eigenvalue weighted by Gasteiger charge is 2.33. The summed E-state index contributed by atoms with van der Waals surface area (Å²) in [6.45, 7) is 10.4. The molecule has 3 rings (SSSR count). The second kappa shape index (κ2) is 8.89. The number of thioether (sulfide) groups is 1. The Morgan fingerprint density at radius 2 is 2.03 bits per heavy atom. The first-order valence-corrected chi connectivity index (χ1v) is 11.6. The molecule has 2 aromatic heterocycles. The fourth-order valence-corrected chi connectivity index (χ4v) is 5.45. The number of aromatic nitrogens is 3. The van der Waals surface area contributed by atoms with E-state index >= 15 is 0 Å². The molecule has 2 aromatic rings. The third-order valence-corrected chi connectivity index (χ3v) is 7.27. The van der Waals surface area contributed by atoms with Crippen LogP contribution in [0.3, 0.4) is 0 Å². The van der Waals surface area contributed by atoms with Crippen LogP contribution >= 0.6 is 23.1 Å². The Morgan fingerprint density at radius 1 is 1.28 bits per heavy atom. The van der Waals surface area contributed by atoms with Gasteiger partial charge in [0.25, 0.3) is 0 Å². The third-order valence-electron chi connectivity index (χ3n) is 5.24. The maximum absolute atomic E-state index is 12.0. The Balaban J connectivity index is 1.96. The zero-order chi connectivity index (χ0) is 21.2. The van der Waals surface area contributed by atoms with Crippen LogP contribution in [0.2, 0.25) is 0 Å². The van der Waals surface area contributed by atoms with E-state index in [1.807, 2.05) is 25.3 Å². The molecule has 2 unspecified atom stereocenters. The van der Waals surface area contributed by atoms with Crippen LogP contribution in [0.5, 0.6) is 0 Å². The van der Waals surface area contributed by atoms with Gasteiger partial charge in [0.1, 0.15) is 4.70 Å². The number of fused-ring (bicyclic) bond motifs is 1. The number of anilines is 1. The second-order valence-electron chi connectivity index (χ2n) is 7.86. The molecule has 1 aliphatic heterocycles. The summed E-state index contributed by atoms with van der Waals surface area (Å²) in [5, 5.41) is 16.1. The van der Waals surface area contributed by atoms with Crippen molar-refractivity contribution in [2.24, 2.45) is 5.92 Å². The van der Waals surface area contributed by atoms with Crippen molar-refractivity contribution in [3.05, 3.63) is 34.1 Å². The van der Waals surface area contributed by atoms with E-state index in [4.69, 9.17) is 0 Å². The van der Waals surface area contributed by atoms with Crippen molar-refractivity contribution in [2.75, 3.05) is 5.06 Å². The topological polar surface area (TPSA) is 94.1 Å². The molecule has 3 heterocycles. The molecule has 1 aliphatic rings. The van der Waals surface area contributed by atoms with E-state index in [0.29, 0.717) is 27.2 Å². The van der Waals surface area contributed by atoms with E-state index in [2.05, 4.69) is 54.0 Å². The molecule has 0 radical (unpaired) electrons. The van der Waals surface area contributed by atoms with E-state index in [0.717, 1.165) is 24.2 Å². The van der Waals surface area contributed by atoms with Crippen molar-refractivity contribution in [2.45, 2.75) is 69.4 Å². The fourth-order valence-electron chi connectivity index (χ4n) is 3.57. The number of nitrogens with one attached hydrogen (secondary N) is 2. The van der Waals surface area contributed by atoms with Crippen molar-refractivity contribution < 1.29 is 5.21 Å². The van der Waals surface area contributed by atoms with Gasteiger partial charge in [-0.15, -0.1) is 0 Å². The molecule has 9 heteroatoms. The zero-order valence-electron chi connectivity index (χ0n) is 17.5. The first-order chi connectivity index (χ1) is 13.8. The number of hydroxylamine groups is 1. The Morgan fingerprint density at radius 3 is 2.66 bits per heavy atom.